The zero-order valence-corrected chi connectivity index (χ0v) is 20.0. The number of benzene rings is 1. The molecule has 1 aliphatic carbocycles. The van der Waals surface area contributed by atoms with Gasteiger partial charge < -0.3 is 9.64 Å². The monoisotopic (exact) mass is 456 g/mol. The van der Waals surface area contributed by atoms with Crippen LogP contribution in [0.5, 0.6) is 5.75 Å². The molecule has 2 aromatic heterocycles. The third kappa shape index (κ3) is 4.23. The number of likely N-dealkylation sites (tertiary alicyclic amines) is 1. The molecule has 1 N–H and O–H groups in total. The first-order chi connectivity index (χ1) is 16.6. The Morgan fingerprint density at radius 1 is 1.15 bits per heavy atom. The Bertz CT molecular complexity index is 1240. The van der Waals surface area contributed by atoms with Crippen LogP contribution in [0.1, 0.15) is 46.0 Å². The van der Waals surface area contributed by atoms with Crippen LogP contribution in [0.2, 0.25) is 0 Å². The van der Waals surface area contributed by atoms with E-state index in [1.165, 1.54) is 25.9 Å². The maximum atomic E-state index is 6.18. The second-order valence-electron chi connectivity index (χ2n) is 10.3. The van der Waals surface area contributed by atoms with Crippen LogP contribution in [0.3, 0.4) is 0 Å². The maximum absolute atomic E-state index is 6.18. The Balaban J connectivity index is 1.14. The van der Waals surface area contributed by atoms with Crippen LogP contribution >= 0.6 is 0 Å². The zero-order valence-electron chi connectivity index (χ0n) is 20.0. The lowest BCUT2D eigenvalue weighted by Crippen LogP contribution is -2.55. The molecule has 6 rings (SSSR count). The summed E-state index contributed by atoms with van der Waals surface area (Å²) < 4.78 is 6.18. The first kappa shape index (κ1) is 21.4. The van der Waals surface area contributed by atoms with Crippen molar-refractivity contribution in [1.82, 2.24) is 25.1 Å². The molecule has 3 fully saturated rings. The van der Waals surface area contributed by atoms with Gasteiger partial charge in [0.15, 0.2) is 0 Å². The van der Waals surface area contributed by atoms with Crippen LogP contribution < -0.4 is 9.64 Å². The normalized spacial score (nSPS) is 20.6. The van der Waals surface area contributed by atoms with Crippen LogP contribution in [-0.4, -0.2) is 62.9 Å². The van der Waals surface area contributed by atoms with Crippen LogP contribution in [0.25, 0.3) is 22.3 Å². The summed E-state index contributed by atoms with van der Waals surface area (Å²) in [5.41, 5.74) is 2.67. The van der Waals surface area contributed by atoms with Crippen molar-refractivity contribution >= 4 is 16.7 Å². The van der Waals surface area contributed by atoms with E-state index in [1.54, 1.807) is 6.33 Å². The summed E-state index contributed by atoms with van der Waals surface area (Å²) in [4.78, 5) is 14.2. The Kier molecular flexibility index (Phi) is 5.41. The van der Waals surface area contributed by atoms with Crippen LogP contribution in [0, 0.1) is 17.8 Å². The molecule has 34 heavy (non-hydrogen) atoms. The van der Waals surface area contributed by atoms with Gasteiger partial charge in [0.2, 0.25) is 0 Å². The highest BCUT2D eigenvalue weighted by molar-refractivity contribution is 5.93. The highest BCUT2D eigenvalue weighted by atomic mass is 16.5. The van der Waals surface area contributed by atoms with Crippen molar-refractivity contribution < 1.29 is 4.74 Å². The van der Waals surface area contributed by atoms with Gasteiger partial charge in [-0.15, -0.1) is 11.8 Å². The molecule has 0 spiro atoms. The molecule has 4 heterocycles. The summed E-state index contributed by atoms with van der Waals surface area (Å²) in [5.74, 6) is 8.89. The minimum Gasteiger partial charge on any atom is -0.488 e. The average molecular weight is 457 g/mol. The number of nitrogens with zero attached hydrogens (tertiary/aromatic N) is 5. The number of ether oxygens (including phenoxy) is 1. The predicted octanol–water partition coefficient (Wildman–Crippen LogP) is 4.27. The van der Waals surface area contributed by atoms with Gasteiger partial charge >= 0.3 is 0 Å². The van der Waals surface area contributed by atoms with Gasteiger partial charge in [-0.1, -0.05) is 0 Å². The topological polar surface area (TPSA) is 70.2 Å². The van der Waals surface area contributed by atoms with Crippen LogP contribution in [-0.2, 0) is 0 Å². The van der Waals surface area contributed by atoms with Gasteiger partial charge in [0.25, 0.3) is 0 Å². The number of aromatic amines is 1. The fraction of sp³-hybridized carbons (Fsp3) is 0.519. The van der Waals surface area contributed by atoms with Gasteiger partial charge in [-0.25, -0.2) is 9.97 Å². The molecular formula is C27H32N6O. The molecule has 7 nitrogen and oxygen atoms in total. The molecule has 2 aliphatic heterocycles. The zero-order chi connectivity index (χ0) is 23.1. The Labute approximate surface area is 200 Å². The van der Waals surface area contributed by atoms with Crippen molar-refractivity contribution in [3.05, 3.63) is 30.6 Å². The number of nitrogens with one attached hydrogen (secondary N) is 1. The first-order valence-electron chi connectivity index (χ1n) is 12.5. The summed E-state index contributed by atoms with van der Waals surface area (Å²) in [6.45, 7) is 8.54. The van der Waals surface area contributed by atoms with Gasteiger partial charge in [0.1, 0.15) is 29.2 Å². The van der Waals surface area contributed by atoms with E-state index in [2.05, 4.69) is 60.9 Å². The molecule has 3 aliphatic rings. The van der Waals surface area contributed by atoms with Crippen molar-refractivity contribution in [3.8, 4) is 29.0 Å². The molecule has 0 amide bonds. The van der Waals surface area contributed by atoms with Crippen molar-refractivity contribution in [2.45, 2.75) is 57.6 Å². The summed E-state index contributed by atoms with van der Waals surface area (Å²) in [7, 11) is 0. The number of piperidine rings is 1. The number of H-pyrrole nitrogens is 1. The third-order valence-electron chi connectivity index (χ3n) is 7.61. The van der Waals surface area contributed by atoms with Gasteiger partial charge in [-0.3, -0.25) is 10.00 Å². The maximum Gasteiger partial charge on any atom is 0.132 e. The van der Waals surface area contributed by atoms with Gasteiger partial charge in [0.05, 0.1) is 11.2 Å². The van der Waals surface area contributed by atoms with E-state index in [4.69, 9.17) is 4.74 Å². The summed E-state index contributed by atoms with van der Waals surface area (Å²) in [6, 6.07) is 8.90. The minimum atomic E-state index is -0.00759. The SMILES string of the molecule is CC#CCC1CN(C2CCN(c3cc(-c4n[nH]c5ccc(OC6(C)CC6)cc45)ncn3)CC2)C1. The van der Waals surface area contributed by atoms with Crippen LogP contribution in [0.15, 0.2) is 30.6 Å². The Hall–Kier alpha value is -3.11. The summed E-state index contributed by atoms with van der Waals surface area (Å²) in [5, 5.41) is 8.76. The number of hydrogen-bond acceptors (Lipinski definition) is 6. The van der Waals surface area contributed by atoms with E-state index in [-0.39, 0.29) is 5.60 Å². The summed E-state index contributed by atoms with van der Waals surface area (Å²) >= 11 is 0. The Morgan fingerprint density at radius 2 is 1.97 bits per heavy atom. The highest BCUT2D eigenvalue weighted by Crippen LogP contribution is 2.40. The predicted molar refractivity (Wildman–Crippen MR) is 134 cm³/mol. The molecule has 0 radical (unpaired) electrons. The van der Waals surface area contributed by atoms with E-state index in [1.807, 2.05) is 19.1 Å². The molecule has 7 heteroatoms. The van der Waals surface area contributed by atoms with E-state index in [0.29, 0.717) is 6.04 Å². The quantitative estimate of drug-likeness (QED) is 0.559. The van der Waals surface area contributed by atoms with Crippen LogP contribution in [0.4, 0.5) is 5.82 Å². The molecule has 0 unspecified atom stereocenters. The molecule has 0 bridgehead atoms. The Morgan fingerprint density at radius 3 is 2.74 bits per heavy atom. The average Bonchev–Trinajstić information content (AvgIpc) is 3.40. The fourth-order valence-electron chi connectivity index (χ4n) is 5.21. The number of hydrogen-bond donors (Lipinski definition) is 1. The number of anilines is 1. The molecular weight excluding hydrogens is 424 g/mol. The molecule has 3 aromatic rings. The smallest absolute Gasteiger partial charge is 0.132 e. The minimum absolute atomic E-state index is 0.00759. The van der Waals surface area contributed by atoms with E-state index in [0.717, 1.165) is 72.1 Å². The third-order valence-corrected chi connectivity index (χ3v) is 7.61. The number of fused-ring (bicyclic) bond motifs is 1. The standard InChI is InChI=1S/C27H32N6O/c1-3-4-5-19-16-33(17-19)20-8-12-32(13-9-20)25-15-24(28-18-29-25)26-22-14-21(34-27(2)10-11-27)6-7-23(22)30-31-26/h6-7,14-15,18-20H,5,8-13,16-17H2,1-2H3,(H,30,31). The van der Waals surface area contributed by atoms with E-state index >= 15 is 0 Å². The largest absolute Gasteiger partial charge is 0.488 e. The van der Waals surface area contributed by atoms with Gasteiger partial charge in [-0.05, 0) is 63.6 Å². The lowest BCUT2D eigenvalue weighted by atomic mass is 9.91. The lowest BCUT2D eigenvalue weighted by molar-refractivity contribution is 0.0437. The molecule has 2 saturated heterocycles. The molecule has 1 saturated carbocycles. The van der Waals surface area contributed by atoms with Crippen molar-refractivity contribution in [2.24, 2.45) is 5.92 Å². The van der Waals surface area contributed by atoms with Gasteiger partial charge in [-0.2, -0.15) is 5.10 Å². The van der Waals surface area contributed by atoms with Crippen molar-refractivity contribution in [1.29, 1.82) is 0 Å². The second-order valence-corrected chi connectivity index (χ2v) is 10.3. The fourth-order valence-corrected chi connectivity index (χ4v) is 5.21. The summed E-state index contributed by atoms with van der Waals surface area (Å²) in [6.07, 6.45) is 7.29. The molecule has 0 atom stereocenters. The van der Waals surface area contributed by atoms with E-state index < -0.39 is 0 Å². The van der Waals surface area contributed by atoms with E-state index in [9.17, 15) is 0 Å². The lowest BCUT2D eigenvalue weighted by Gasteiger charge is -2.47. The number of aromatic nitrogens is 4. The van der Waals surface area contributed by atoms with Gasteiger partial charge in [0, 0.05) is 50.1 Å². The number of rotatable bonds is 6. The van der Waals surface area contributed by atoms with Crippen molar-refractivity contribution in [2.75, 3.05) is 31.1 Å². The highest BCUT2D eigenvalue weighted by Gasteiger charge is 2.40. The van der Waals surface area contributed by atoms with Crippen molar-refractivity contribution in [3.63, 3.8) is 0 Å². The molecule has 176 valence electrons. The first-order valence-corrected chi connectivity index (χ1v) is 12.5. The molecule has 1 aromatic carbocycles. The second kappa shape index (κ2) is 8.59.